The topological polar surface area (TPSA) is 35.6 Å². The SMILES string of the molecule is Cc1cc(C)n(CCc2ccnn2C)n1. The maximum absolute atomic E-state index is 4.43. The van der Waals surface area contributed by atoms with E-state index in [-0.39, 0.29) is 0 Å². The predicted octanol–water partition coefficient (Wildman–Crippen LogP) is 1.48. The minimum atomic E-state index is 0.916. The highest BCUT2D eigenvalue weighted by Gasteiger charge is 2.03. The van der Waals surface area contributed by atoms with Gasteiger partial charge in [0.15, 0.2) is 0 Å². The van der Waals surface area contributed by atoms with Crippen LogP contribution in [-0.2, 0) is 20.0 Å². The van der Waals surface area contributed by atoms with Gasteiger partial charge in [-0.1, -0.05) is 0 Å². The molecule has 0 radical (unpaired) electrons. The Hall–Kier alpha value is -1.58. The molecule has 0 unspecified atom stereocenters. The lowest BCUT2D eigenvalue weighted by molar-refractivity contribution is 0.571. The van der Waals surface area contributed by atoms with E-state index in [1.54, 1.807) is 0 Å². The van der Waals surface area contributed by atoms with Gasteiger partial charge in [-0.15, -0.1) is 0 Å². The van der Waals surface area contributed by atoms with Crippen LogP contribution >= 0.6 is 0 Å². The van der Waals surface area contributed by atoms with Crippen molar-refractivity contribution < 1.29 is 0 Å². The standard InChI is InChI=1S/C11H16N4/c1-9-8-10(2)15(13-9)7-5-11-4-6-12-14(11)3/h4,6,8H,5,7H2,1-3H3. The predicted molar refractivity (Wildman–Crippen MR) is 58.6 cm³/mol. The van der Waals surface area contributed by atoms with Gasteiger partial charge in [-0.3, -0.25) is 9.36 Å². The fourth-order valence-corrected chi connectivity index (χ4v) is 1.77. The Morgan fingerprint density at radius 1 is 1.33 bits per heavy atom. The van der Waals surface area contributed by atoms with Crippen molar-refractivity contribution in [2.45, 2.75) is 26.8 Å². The Bertz CT molecular complexity index is 453. The van der Waals surface area contributed by atoms with Crippen LogP contribution in [0.2, 0.25) is 0 Å². The van der Waals surface area contributed by atoms with Crippen molar-refractivity contribution in [1.82, 2.24) is 19.6 Å². The lowest BCUT2D eigenvalue weighted by atomic mass is 10.3. The number of rotatable bonds is 3. The van der Waals surface area contributed by atoms with Crippen molar-refractivity contribution in [2.75, 3.05) is 0 Å². The molecule has 0 fully saturated rings. The van der Waals surface area contributed by atoms with E-state index in [2.05, 4.69) is 23.2 Å². The Labute approximate surface area is 89.5 Å². The number of hydrogen-bond acceptors (Lipinski definition) is 2. The second kappa shape index (κ2) is 3.88. The second-order valence-electron chi connectivity index (χ2n) is 3.85. The first kappa shape index (κ1) is 9.96. The van der Waals surface area contributed by atoms with Crippen LogP contribution in [0.25, 0.3) is 0 Å². The van der Waals surface area contributed by atoms with Gasteiger partial charge in [0.1, 0.15) is 0 Å². The molecule has 0 aromatic carbocycles. The Balaban J connectivity index is 2.05. The molecule has 0 amide bonds. The molecule has 0 N–H and O–H groups in total. The van der Waals surface area contributed by atoms with Crippen LogP contribution in [-0.4, -0.2) is 19.6 Å². The number of aryl methyl sites for hydroxylation is 5. The van der Waals surface area contributed by atoms with Crippen molar-refractivity contribution in [2.24, 2.45) is 7.05 Å². The van der Waals surface area contributed by atoms with E-state index in [0.29, 0.717) is 0 Å². The van der Waals surface area contributed by atoms with Crippen LogP contribution in [0.4, 0.5) is 0 Å². The lowest BCUT2D eigenvalue weighted by Crippen LogP contribution is -2.08. The maximum Gasteiger partial charge on any atom is 0.0596 e. The summed E-state index contributed by atoms with van der Waals surface area (Å²) in [5, 5.41) is 8.57. The maximum atomic E-state index is 4.43. The first-order chi connectivity index (χ1) is 7.16. The summed E-state index contributed by atoms with van der Waals surface area (Å²) in [4.78, 5) is 0. The fraction of sp³-hybridized carbons (Fsp3) is 0.455. The van der Waals surface area contributed by atoms with Crippen LogP contribution in [0.15, 0.2) is 18.3 Å². The molecule has 15 heavy (non-hydrogen) atoms. The lowest BCUT2D eigenvalue weighted by Gasteiger charge is -2.04. The molecule has 4 nitrogen and oxygen atoms in total. The summed E-state index contributed by atoms with van der Waals surface area (Å²) in [5.74, 6) is 0. The van der Waals surface area contributed by atoms with E-state index in [1.807, 2.05) is 35.6 Å². The van der Waals surface area contributed by atoms with Crippen molar-refractivity contribution in [3.63, 3.8) is 0 Å². The molecule has 0 spiro atoms. The summed E-state index contributed by atoms with van der Waals surface area (Å²) in [6.07, 6.45) is 2.80. The number of aromatic nitrogens is 4. The third kappa shape index (κ3) is 2.09. The summed E-state index contributed by atoms with van der Waals surface area (Å²) in [6.45, 7) is 5.02. The van der Waals surface area contributed by atoms with Gasteiger partial charge < -0.3 is 0 Å². The molecule has 2 heterocycles. The molecule has 4 heteroatoms. The normalized spacial score (nSPS) is 10.9. The highest BCUT2D eigenvalue weighted by molar-refractivity contribution is 5.07. The van der Waals surface area contributed by atoms with Crippen molar-refractivity contribution in [3.8, 4) is 0 Å². The second-order valence-corrected chi connectivity index (χ2v) is 3.85. The van der Waals surface area contributed by atoms with Gasteiger partial charge in [0, 0.05) is 37.6 Å². The van der Waals surface area contributed by atoms with Gasteiger partial charge in [-0.25, -0.2) is 0 Å². The molecule has 0 atom stereocenters. The molecule has 0 aliphatic carbocycles. The van der Waals surface area contributed by atoms with Crippen molar-refractivity contribution >= 4 is 0 Å². The van der Waals surface area contributed by atoms with Crippen molar-refractivity contribution in [3.05, 3.63) is 35.4 Å². The van der Waals surface area contributed by atoms with Crippen LogP contribution < -0.4 is 0 Å². The summed E-state index contributed by atoms with van der Waals surface area (Å²) in [7, 11) is 1.97. The number of nitrogens with zero attached hydrogens (tertiary/aromatic N) is 4. The van der Waals surface area contributed by atoms with E-state index in [0.717, 1.165) is 18.7 Å². The first-order valence-corrected chi connectivity index (χ1v) is 5.15. The molecule has 0 bridgehead atoms. The van der Waals surface area contributed by atoms with Crippen LogP contribution in [0.1, 0.15) is 17.1 Å². The molecule has 2 aromatic rings. The molecule has 0 aliphatic rings. The summed E-state index contributed by atoms with van der Waals surface area (Å²) in [6, 6.07) is 4.15. The zero-order valence-electron chi connectivity index (χ0n) is 9.44. The molecular formula is C11H16N4. The van der Waals surface area contributed by atoms with Crippen LogP contribution in [0, 0.1) is 13.8 Å². The molecule has 2 rings (SSSR count). The molecule has 0 saturated heterocycles. The average Bonchev–Trinajstić information content (AvgIpc) is 2.70. The number of hydrogen-bond donors (Lipinski definition) is 0. The van der Waals surface area contributed by atoms with E-state index in [9.17, 15) is 0 Å². The zero-order chi connectivity index (χ0) is 10.8. The summed E-state index contributed by atoms with van der Waals surface area (Å²) < 4.78 is 3.95. The minimum absolute atomic E-state index is 0.916. The van der Waals surface area contributed by atoms with Gasteiger partial charge in [-0.05, 0) is 26.0 Å². The van der Waals surface area contributed by atoms with E-state index >= 15 is 0 Å². The largest absolute Gasteiger partial charge is 0.273 e. The first-order valence-electron chi connectivity index (χ1n) is 5.15. The Morgan fingerprint density at radius 2 is 2.13 bits per heavy atom. The van der Waals surface area contributed by atoms with E-state index in [4.69, 9.17) is 0 Å². The molecule has 0 aliphatic heterocycles. The molecule has 80 valence electrons. The highest BCUT2D eigenvalue weighted by Crippen LogP contribution is 2.04. The molecule has 0 saturated carbocycles. The summed E-state index contributed by atoms with van der Waals surface area (Å²) in [5.41, 5.74) is 3.54. The van der Waals surface area contributed by atoms with E-state index in [1.165, 1.54) is 11.4 Å². The van der Waals surface area contributed by atoms with Gasteiger partial charge in [0.25, 0.3) is 0 Å². The Kier molecular flexibility index (Phi) is 2.58. The zero-order valence-corrected chi connectivity index (χ0v) is 9.44. The minimum Gasteiger partial charge on any atom is -0.273 e. The van der Waals surface area contributed by atoms with Crippen molar-refractivity contribution in [1.29, 1.82) is 0 Å². The van der Waals surface area contributed by atoms with Crippen LogP contribution in [0.5, 0.6) is 0 Å². The quantitative estimate of drug-likeness (QED) is 0.759. The van der Waals surface area contributed by atoms with Gasteiger partial charge in [0.05, 0.1) is 5.69 Å². The van der Waals surface area contributed by atoms with E-state index < -0.39 is 0 Å². The van der Waals surface area contributed by atoms with Gasteiger partial charge >= 0.3 is 0 Å². The Morgan fingerprint density at radius 3 is 2.67 bits per heavy atom. The monoisotopic (exact) mass is 204 g/mol. The third-order valence-electron chi connectivity index (χ3n) is 2.61. The summed E-state index contributed by atoms with van der Waals surface area (Å²) >= 11 is 0. The highest BCUT2D eigenvalue weighted by atomic mass is 15.3. The van der Waals surface area contributed by atoms with Crippen LogP contribution in [0.3, 0.4) is 0 Å². The molecule has 2 aromatic heterocycles. The smallest absolute Gasteiger partial charge is 0.0596 e. The van der Waals surface area contributed by atoms with Gasteiger partial charge in [0.2, 0.25) is 0 Å². The molecular weight excluding hydrogens is 188 g/mol. The third-order valence-corrected chi connectivity index (χ3v) is 2.61. The fourth-order valence-electron chi connectivity index (χ4n) is 1.77. The average molecular weight is 204 g/mol. The van der Waals surface area contributed by atoms with Gasteiger partial charge in [-0.2, -0.15) is 10.2 Å².